The summed E-state index contributed by atoms with van der Waals surface area (Å²) < 4.78 is 6.04. The van der Waals surface area contributed by atoms with Gasteiger partial charge in [0.25, 0.3) is 0 Å². The number of nitrogens with zero attached hydrogens (tertiary/aromatic N) is 1. The van der Waals surface area contributed by atoms with Gasteiger partial charge in [-0.1, -0.05) is 51.1 Å². The fourth-order valence-electron chi connectivity index (χ4n) is 3.57. The van der Waals surface area contributed by atoms with Crippen molar-refractivity contribution in [2.45, 2.75) is 26.8 Å². The van der Waals surface area contributed by atoms with Crippen LogP contribution in [0.5, 0.6) is 11.5 Å². The van der Waals surface area contributed by atoms with Crippen LogP contribution < -0.4 is 10.1 Å². The molecule has 1 aliphatic heterocycles. The molecule has 1 fully saturated rings. The fraction of sp³-hybridized carbons (Fsp3) is 0.429. The normalized spacial score (nSPS) is 17.5. The Balaban J connectivity index is 1.86. The number of rotatable bonds is 4. The molecule has 0 saturated carbocycles. The van der Waals surface area contributed by atoms with Crippen LogP contribution in [-0.2, 0) is 0 Å². The van der Waals surface area contributed by atoms with Gasteiger partial charge in [-0.15, -0.1) is 0 Å². The molecule has 0 aliphatic carbocycles. The number of ether oxygens (including phenoxy) is 1. The molecule has 0 aromatic heterocycles. The van der Waals surface area contributed by atoms with Crippen LogP contribution in [0, 0.1) is 5.41 Å². The molecule has 128 valence electrons. The lowest BCUT2D eigenvalue weighted by atomic mass is 9.81. The number of piperazine rings is 1. The summed E-state index contributed by atoms with van der Waals surface area (Å²) in [4.78, 5) is 2.60. The molecule has 1 saturated heterocycles. The van der Waals surface area contributed by atoms with Crippen molar-refractivity contribution in [1.29, 1.82) is 0 Å². The van der Waals surface area contributed by atoms with Gasteiger partial charge in [-0.2, -0.15) is 0 Å². The molecule has 0 radical (unpaired) electrons. The second kappa shape index (κ2) is 7.37. The van der Waals surface area contributed by atoms with Crippen molar-refractivity contribution in [3.63, 3.8) is 0 Å². The van der Waals surface area contributed by atoms with Crippen LogP contribution in [-0.4, -0.2) is 31.1 Å². The number of benzene rings is 2. The van der Waals surface area contributed by atoms with Gasteiger partial charge in [-0.05, 0) is 35.2 Å². The molecule has 24 heavy (non-hydrogen) atoms. The van der Waals surface area contributed by atoms with Crippen molar-refractivity contribution in [3.8, 4) is 11.5 Å². The smallest absolute Gasteiger partial charge is 0.127 e. The highest BCUT2D eigenvalue weighted by Gasteiger charge is 2.32. The highest BCUT2D eigenvalue weighted by Crippen LogP contribution is 2.39. The third-order valence-corrected chi connectivity index (χ3v) is 4.49. The zero-order valence-electron chi connectivity index (χ0n) is 15.0. The Hall–Kier alpha value is -1.84. The van der Waals surface area contributed by atoms with E-state index in [1.54, 1.807) is 0 Å². The molecule has 1 atom stereocenters. The maximum absolute atomic E-state index is 6.04. The van der Waals surface area contributed by atoms with E-state index < -0.39 is 0 Å². The van der Waals surface area contributed by atoms with Gasteiger partial charge in [0.05, 0.1) is 0 Å². The third kappa shape index (κ3) is 4.16. The summed E-state index contributed by atoms with van der Waals surface area (Å²) in [5.74, 6) is 1.78. The molecular weight excluding hydrogens is 296 g/mol. The first kappa shape index (κ1) is 17.0. The van der Waals surface area contributed by atoms with Gasteiger partial charge in [0.2, 0.25) is 0 Å². The second-order valence-corrected chi connectivity index (χ2v) is 7.54. The SMILES string of the molecule is CC(C)(C)[C@H](c1cccc(Oc2ccccc2)c1)N1CCNCC1. The van der Waals surface area contributed by atoms with Crippen LogP contribution in [0.25, 0.3) is 0 Å². The molecule has 0 spiro atoms. The Morgan fingerprint density at radius 3 is 2.25 bits per heavy atom. The maximum Gasteiger partial charge on any atom is 0.127 e. The molecule has 1 N–H and O–H groups in total. The quantitative estimate of drug-likeness (QED) is 0.898. The summed E-state index contributed by atoms with van der Waals surface area (Å²) in [5, 5.41) is 3.45. The van der Waals surface area contributed by atoms with E-state index in [9.17, 15) is 0 Å². The first-order valence-corrected chi connectivity index (χ1v) is 8.82. The lowest BCUT2D eigenvalue weighted by Gasteiger charge is -2.42. The summed E-state index contributed by atoms with van der Waals surface area (Å²) in [6, 6.07) is 18.9. The van der Waals surface area contributed by atoms with Crippen molar-refractivity contribution in [2.75, 3.05) is 26.2 Å². The van der Waals surface area contributed by atoms with E-state index in [0.717, 1.165) is 37.7 Å². The molecule has 1 heterocycles. The largest absolute Gasteiger partial charge is 0.457 e. The van der Waals surface area contributed by atoms with E-state index in [1.165, 1.54) is 5.56 Å². The fourth-order valence-corrected chi connectivity index (χ4v) is 3.57. The molecular formula is C21H28N2O. The van der Waals surface area contributed by atoms with E-state index in [2.05, 4.69) is 49.2 Å². The average molecular weight is 324 g/mol. The van der Waals surface area contributed by atoms with Crippen LogP contribution in [0.3, 0.4) is 0 Å². The van der Waals surface area contributed by atoms with Crippen molar-refractivity contribution < 1.29 is 4.74 Å². The van der Waals surface area contributed by atoms with Gasteiger partial charge < -0.3 is 10.1 Å². The topological polar surface area (TPSA) is 24.5 Å². The van der Waals surface area contributed by atoms with Crippen LogP contribution >= 0.6 is 0 Å². The molecule has 3 rings (SSSR count). The standard InChI is InChI=1S/C21H28N2O/c1-21(2,3)20(23-14-12-22-13-15-23)17-8-7-11-19(16-17)24-18-9-5-4-6-10-18/h4-11,16,20,22H,12-15H2,1-3H3/t20-/m0/s1. The Morgan fingerprint density at radius 1 is 0.917 bits per heavy atom. The third-order valence-electron chi connectivity index (χ3n) is 4.49. The molecule has 0 unspecified atom stereocenters. The Bertz CT molecular complexity index is 642. The van der Waals surface area contributed by atoms with Crippen molar-refractivity contribution in [1.82, 2.24) is 10.2 Å². The lowest BCUT2D eigenvalue weighted by molar-refractivity contribution is 0.0861. The van der Waals surface area contributed by atoms with Gasteiger partial charge in [0.1, 0.15) is 11.5 Å². The lowest BCUT2D eigenvalue weighted by Crippen LogP contribution is -2.48. The summed E-state index contributed by atoms with van der Waals surface area (Å²) in [6.07, 6.45) is 0. The minimum atomic E-state index is 0.169. The summed E-state index contributed by atoms with van der Waals surface area (Å²) >= 11 is 0. The monoisotopic (exact) mass is 324 g/mol. The molecule has 3 nitrogen and oxygen atoms in total. The van der Waals surface area contributed by atoms with Gasteiger partial charge in [-0.25, -0.2) is 0 Å². The molecule has 1 aliphatic rings. The summed E-state index contributed by atoms with van der Waals surface area (Å²) in [7, 11) is 0. The zero-order chi connectivity index (χ0) is 17.0. The van der Waals surface area contributed by atoms with Crippen LogP contribution in [0.2, 0.25) is 0 Å². The highest BCUT2D eigenvalue weighted by molar-refractivity contribution is 5.35. The average Bonchev–Trinajstić information content (AvgIpc) is 2.56. The molecule has 3 heteroatoms. The number of nitrogens with one attached hydrogen (secondary N) is 1. The van der Waals surface area contributed by atoms with Crippen LogP contribution in [0.1, 0.15) is 32.4 Å². The molecule has 0 bridgehead atoms. The number of para-hydroxylation sites is 1. The van der Waals surface area contributed by atoms with Crippen LogP contribution in [0.4, 0.5) is 0 Å². The second-order valence-electron chi connectivity index (χ2n) is 7.54. The summed E-state index contributed by atoms with van der Waals surface area (Å²) in [6.45, 7) is 11.3. The molecule has 2 aromatic rings. The van der Waals surface area contributed by atoms with E-state index in [1.807, 2.05) is 36.4 Å². The molecule has 2 aromatic carbocycles. The Labute approximate surface area is 145 Å². The first-order valence-electron chi connectivity index (χ1n) is 8.82. The molecule has 0 amide bonds. The summed E-state index contributed by atoms with van der Waals surface area (Å²) in [5.41, 5.74) is 1.50. The minimum Gasteiger partial charge on any atom is -0.457 e. The van der Waals surface area contributed by atoms with E-state index in [0.29, 0.717) is 6.04 Å². The van der Waals surface area contributed by atoms with Crippen LogP contribution in [0.15, 0.2) is 54.6 Å². The van der Waals surface area contributed by atoms with Crippen molar-refractivity contribution in [3.05, 3.63) is 60.2 Å². The Morgan fingerprint density at radius 2 is 1.58 bits per heavy atom. The van der Waals surface area contributed by atoms with Gasteiger partial charge in [-0.3, -0.25) is 4.90 Å². The predicted molar refractivity (Wildman–Crippen MR) is 99.6 cm³/mol. The predicted octanol–water partition coefficient (Wildman–Crippen LogP) is 4.47. The van der Waals surface area contributed by atoms with E-state index >= 15 is 0 Å². The van der Waals surface area contributed by atoms with Crippen molar-refractivity contribution >= 4 is 0 Å². The Kier molecular flexibility index (Phi) is 5.22. The van der Waals surface area contributed by atoms with Gasteiger partial charge >= 0.3 is 0 Å². The van der Waals surface area contributed by atoms with Gasteiger partial charge in [0.15, 0.2) is 0 Å². The van der Waals surface area contributed by atoms with Crippen molar-refractivity contribution in [2.24, 2.45) is 5.41 Å². The van der Waals surface area contributed by atoms with E-state index in [-0.39, 0.29) is 5.41 Å². The first-order chi connectivity index (χ1) is 11.5. The highest BCUT2D eigenvalue weighted by atomic mass is 16.5. The maximum atomic E-state index is 6.04. The van der Waals surface area contributed by atoms with E-state index in [4.69, 9.17) is 4.74 Å². The minimum absolute atomic E-state index is 0.169. The number of hydrogen-bond acceptors (Lipinski definition) is 3. The van der Waals surface area contributed by atoms with Gasteiger partial charge in [0, 0.05) is 32.2 Å². The number of hydrogen-bond donors (Lipinski definition) is 1. The zero-order valence-corrected chi connectivity index (χ0v) is 15.0.